The molecule has 1 aliphatic rings. The SMILES string of the molecule is C#Cc1cccc(Nc2ncnc3cc(OC4CCOC4)c(NC(=O)C=CCN(CCC)CCC)cc23)c1. The van der Waals surface area contributed by atoms with E-state index in [2.05, 4.69) is 45.3 Å². The second-order valence-electron chi connectivity index (χ2n) is 9.23. The minimum atomic E-state index is -0.224. The summed E-state index contributed by atoms with van der Waals surface area (Å²) in [5.74, 6) is 3.57. The van der Waals surface area contributed by atoms with Crippen molar-refractivity contribution < 1.29 is 14.3 Å². The van der Waals surface area contributed by atoms with Crippen LogP contribution in [0.4, 0.5) is 17.2 Å². The zero-order valence-electron chi connectivity index (χ0n) is 22.1. The zero-order chi connectivity index (χ0) is 26.7. The third-order valence-electron chi connectivity index (χ3n) is 6.18. The van der Waals surface area contributed by atoms with Gasteiger partial charge in [-0.15, -0.1) is 6.42 Å². The molecule has 1 amide bonds. The van der Waals surface area contributed by atoms with Crippen molar-refractivity contribution >= 4 is 34.0 Å². The summed E-state index contributed by atoms with van der Waals surface area (Å²) in [5, 5.41) is 7.07. The largest absolute Gasteiger partial charge is 0.486 e. The van der Waals surface area contributed by atoms with E-state index in [0.717, 1.165) is 55.5 Å². The van der Waals surface area contributed by atoms with Crippen LogP contribution in [0, 0.1) is 12.3 Å². The van der Waals surface area contributed by atoms with Crippen molar-refractivity contribution in [3.8, 4) is 18.1 Å². The Morgan fingerprint density at radius 2 is 2.08 bits per heavy atom. The lowest BCUT2D eigenvalue weighted by Crippen LogP contribution is -2.25. The summed E-state index contributed by atoms with van der Waals surface area (Å²) in [6, 6.07) is 11.2. The number of nitrogens with zero attached hydrogens (tertiary/aromatic N) is 3. The molecule has 0 spiro atoms. The van der Waals surface area contributed by atoms with Gasteiger partial charge in [0.25, 0.3) is 0 Å². The van der Waals surface area contributed by atoms with E-state index in [1.54, 1.807) is 6.08 Å². The maximum absolute atomic E-state index is 12.9. The van der Waals surface area contributed by atoms with Crippen LogP contribution < -0.4 is 15.4 Å². The molecule has 1 unspecified atom stereocenters. The van der Waals surface area contributed by atoms with Crippen LogP contribution in [0.2, 0.25) is 0 Å². The van der Waals surface area contributed by atoms with Gasteiger partial charge in [-0.1, -0.05) is 31.9 Å². The van der Waals surface area contributed by atoms with Gasteiger partial charge < -0.3 is 20.1 Å². The minimum absolute atomic E-state index is 0.0822. The predicted molar refractivity (Wildman–Crippen MR) is 152 cm³/mol. The Balaban J connectivity index is 1.61. The van der Waals surface area contributed by atoms with Crippen LogP contribution in [-0.2, 0) is 9.53 Å². The average molecular weight is 514 g/mol. The lowest BCUT2D eigenvalue weighted by Gasteiger charge is -2.19. The van der Waals surface area contributed by atoms with Gasteiger partial charge in [-0.25, -0.2) is 9.97 Å². The lowest BCUT2D eigenvalue weighted by molar-refractivity contribution is -0.111. The van der Waals surface area contributed by atoms with Gasteiger partial charge in [0.1, 0.15) is 24.0 Å². The highest BCUT2D eigenvalue weighted by Gasteiger charge is 2.20. The maximum atomic E-state index is 12.9. The first kappa shape index (κ1) is 27.1. The van der Waals surface area contributed by atoms with E-state index in [1.165, 1.54) is 6.33 Å². The normalized spacial score (nSPS) is 15.2. The zero-order valence-corrected chi connectivity index (χ0v) is 22.1. The summed E-state index contributed by atoms with van der Waals surface area (Å²) >= 11 is 0. The summed E-state index contributed by atoms with van der Waals surface area (Å²) < 4.78 is 11.7. The monoisotopic (exact) mass is 513 g/mol. The maximum Gasteiger partial charge on any atom is 0.248 e. The van der Waals surface area contributed by atoms with Crippen LogP contribution >= 0.6 is 0 Å². The number of ether oxygens (including phenoxy) is 2. The summed E-state index contributed by atoms with van der Waals surface area (Å²) in [6.45, 7) is 8.23. The standard InChI is InChI=1S/C30H35N5O3/c1-4-13-35(14-5-2)15-8-11-29(36)34-27-18-25-26(19-28(27)38-24-12-16-37-20-24)31-21-32-30(25)33-23-10-7-9-22(6-3)17-23/h3,7-11,17-19,21,24H,4-5,12-16,20H2,1-2H3,(H,34,36)(H,31,32,33). The fourth-order valence-corrected chi connectivity index (χ4v) is 4.40. The molecule has 0 radical (unpaired) electrons. The van der Waals surface area contributed by atoms with Gasteiger partial charge >= 0.3 is 0 Å². The van der Waals surface area contributed by atoms with Crippen LogP contribution in [0.1, 0.15) is 38.7 Å². The van der Waals surface area contributed by atoms with E-state index < -0.39 is 0 Å². The van der Waals surface area contributed by atoms with Gasteiger partial charge in [0.05, 0.1) is 24.4 Å². The molecule has 3 aromatic rings. The average Bonchev–Trinajstić information content (AvgIpc) is 3.43. The fraction of sp³-hybridized carbons (Fsp3) is 0.367. The van der Waals surface area contributed by atoms with Crippen LogP contribution in [0.3, 0.4) is 0 Å². The third kappa shape index (κ3) is 7.31. The van der Waals surface area contributed by atoms with Crippen molar-refractivity contribution in [2.24, 2.45) is 0 Å². The molecule has 38 heavy (non-hydrogen) atoms. The predicted octanol–water partition coefficient (Wildman–Crippen LogP) is 5.14. The number of carbonyl (C=O) groups is 1. The highest BCUT2D eigenvalue weighted by Crippen LogP contribution is 2.34. The quantitative estimate of drug-likeness (QED) is 0.256. The molecule has 198 valence electrons. The Bertz CT molecular complexity index is 1300. The van der Waals surface area contributed by atoms with E-state index >= 15 is 0 Å². The molecule has 0 bridgehead atoms. The van der Waals surface area contributed by atoms with E-state index in [0.29, 0.717) is 36.0 Å². The molecule has 2 heterocycles. The van der Waals surface area contributed by atoms with Crippen molar-refractivity contribution in [1.82, 2.24) is 14.9 Å². The number of anilines is 3. The molecule has 1 fully saturated rings. The molecule has 1 aliphatic heterocycles. The lowest BCUT2D eigenvalue weighted by atomic mass is 10.1. The number of hydrogen-bond donors (Lipinski definition) is 2. The number of fused-ring (bicyclic) bond motifs is 1. The van der Waals surface area contributed by atoms with Gasteiger partial charge in [0.15, 0.2) is 0 Å². The first-order chi connectivity index (χ1) is 18.6. The second-order valence-corrected chi connectivity index (χ2v) is 9.23. The fourth-order valence-electron chi connectivity index (χ4n) is 4.40. The van der Waals surface area contributed by atoms with Gasteiger partial charge in [-0.3, -0.25) is 9.69 Å². The van der Waals surface area contributed by atoms with Crippen molar-refractivity contribution in [2.45, 2.75) is 39.2 Å². The summed E-state index contributed by atoms with van der Waals surface area (Å²) in [6.07, 6.45) is 13.4. The Labute approximate surface area is 224 Å². The van der Waals surface area contributed by atoms with Gasteiger partial charge in [0, 0.05) is 41.7 Å². The van der Waals surface area contributed by atoms with E-state index in [-0.39, 0.29) is 12.0 Å². The smallest absolute Gasteiger partial charge is 0.248 e. The first-order valence-corrected chi connectivity index (χ1v) is 13.2. The molecule has 4 rings (SSSR count). The first-order valence-electron chi connectivity index (χ1n) is 13.2. The van der Waals surface area contributed by atoms with Crippen LogP contribution in [0.25, 0.3) is 10.9 Å². The van der Waals surface area contributed by atoms with Crippen LogP contribution in [0.15, 0.2) is 54.9 Å². The van der Waals surface area contributed by atoms with Gasteiger partial charge in [-0.05, 0) is 50.2 Å². The molecular formula is C30H35N5O3. The Hall–Kier alpha value is -3.93. The molecule has 1 saturated heterocycles. The number of rotatable bonds is 12. The summed E-state index contributed by atoms with van der Waals surface area (Å²) in [4.78, 5) is 24.1. The topological polar surface area (TPSA) is 88.6 Å². The molecule has 8 nitrogen and oxygen atoms in total. The second kappa shape index (κ2) is 13.6. The van der Waals surface area contributed by atoms with E-state index in [9.17, 15) is 4.79 Å². The molecular weight excluding hydrogens is 478 g/mol. The molecule has 2 N–H and O–H groups in total. The third-order valence-corrected chi connectivity index (χ3v) is 6.18. The van der Waals surface area contributed by atoms with Crippen molar-refractivity contribution in [2.75, 3.05) is 43.5 Å². The van der Waals surface area contributed by atoms with Crippen molar-refractivity contribution in [3.05, 3.63) is 60.4 Å². The molecule has 0 aliphatic carbocycles. The summed E-state index contributed by atoms with van der Waals surface area (Å²) in [5.41, 5.74) is 2.81. The summed E-state index contributed by atoms with van der Waals surface area (Å²) in [7, 11) is 0. The Morgan fingerprint density at radius 3 is 2.82 bits per heavy atom. The number of carbonyl (C=O) groups excluding carboxylic acids is 1. The molecule has 8 heteroatoms. The number of terminal acetylenes is 1. The highest BCUT2D eigenvalue weighted by atomic mass is 16.5. The van der Waals surface area contributed by atoms with Gasteiger partial charge in [-0.2, -0.15) is 0 Å². The molecule has 2 aromatic carbocycles. The molecule has 1 aromatic heterocycles. The number of aromatic nitrogens is 2. The van der Waals surface area contributed by atoms with Crippen molar-refractivity contribution in [3.63, 3.8) is 0 Å². The molecule has 1 atom stereocenters. The molecule has 0 saturated carbocycles. The van der Waals surface area contributed by atoms with Crippen LogP contribution in [0.5, 0.6) is 5.75 Å². The van der Waals surface area contributed by atoms with Crippen molar-refractivity contribution in [1.29, 1.82) is 0 Å². The number of amides is 1. The highest BCUT2D eigenvalue weighted by molar-refractivity contribution is 6.03. The van der Waals surface area contributed by atoms with E-state index in [4.69, 9.17) is 15.9 Å². The van der Waals surface area contributed by atoms with E-state index in [1.807, 2.05) is 42.5 Å². The Morgan fingerprint density at radius 1 is 1.24 bits per heavy atom. The minimum Gasteiger partial charge on any atom is -0.486 e. The number of nitrogens with one attached hydrogen (secondary N) is 2. The van der Waals surface area contributed by atoms with Gasteiger partial charge in [0.2, 0.25) is 5.91 Å². The Kier molecular flexibility index (Phi) is 9.68. The van der Waals surface area contributed by atoms with Crippen LogP contribution in [-0.4, -0.2) is 59.7 Å². The number of benzene rings is 2. The number of hydrogen-bond acceptors (Lipinski definition) is 7.